The normalized spacial score (nSPS) is 16.1. The van der Waals surface area contributed by atoms with Crippen LogP contribution < -0.4 is 5.32 Å². The van der Waals surface area contributed by atoms with Gasteiger partial charge in [-0.1, -0.05) is 34.1 Å². The molecule has 4 heteroatoms. The predicted molar refractivity (Wildman–Crippen MR) is 85.7 cm³/mol. The number of rotatable bonds is 5. The fourth-order valence-corrected chi connectivity index (χ4v) is 3.09. The highest BCUT2D eigenvalue weighted by Crippen LogP contribution is 2.18. The van der Waals surface area contributed by atoms with Gasteiger partial charge in [0.2, 0.25) is 5.91 Å². The van der Waals surface area contributed by atoms with Gasteiger partial charge in [-0.3, -0.25) is 4.79 Å². The average Bonchev–Trinajstić information content (AvgIpc) is 2.47. The molecule has 3 nitrogen and oxygen atoms in total. The molecule has 1 aromatic rings. The highest BCUT2D eigenvalue weighted by atomic mass is 79.9. The van der Waals surface area contributed by atoms with E-state index in [4.69, 9.17) is 0 Å². The maximum atomic E-state index is 12.2. The molecule has 0 radical (unpaired) electrons. The maximum absolute atomic E-state index is 12.2. The van der Waals surface area contributed by atoms with Gasteiger partial charge in [-0.2, -0.15) is 0 Å². The molecule has 1 aromatic carbocycles. The van der Waals surface area contributed by atoms with Crippen LogP contribution in [0.15, 0.2) is 28.7 Å². The van der Waals surface area contributed by atoms with E-state index in [1.165, 1.54) is 5.56 Å². The molecule has 0 unspecified atom stereocenters. The van der Waals surface area contributed by atoms with Crippen LogP contribution in [0.5, 0.6) is 0 Å². The second-order valence-corrected chi connectivity index (χ2v) is 6.41. The molecule has 0 aliphatic carbocycles. The molecule has 0 saturated carbocycles. The first-order valence-electron chi connectivity index (χ1n) is 7.35. The minimum Gasteiger partial charge on any atom is -0.345 e. The van der Waals surface area contributed by atoms with E-state index in [0.717, 1.165) is 43.4 Å². The first-order chi connectivity index (χ1) is 9.66. The lowest BCUT2D eigenvalue weighted by molar-refractivity contribution is -0.131. The molecule has 1 heterocycles. The zero-order chi connectivity index (χ0) is 14.4. The van der Waals surface area contributed by atoms with Crippen molar-refractivity contribution in [3.8, 4) is 0 Å². The number of amides is 1. The Balaban J connectivity index is 1.77. The van der Waals surface area contributed by atoms with E-state index in [1.807, 2.05) is 30.1 Å². The summed E-state index contributed by atoms with van der Waals surface area (Å²) in [5, 5.41) is 3.34. The van der Waals surface area contributed by atoms with Crippen LogP contribution in [0.1, 0.15) is 24.8 Å². The molecular formula is C16H23BrN2O. The molecule has 1 fully saturated rings. The summed E-state index contributed by atoms with van der Waals surface area (Å²) in [6.07, 6.45) is 3.86. The number of carbonyl (C=O) groups excluding carboxylic acids is 1. The van der Waals surface area contributed by atoms with Crippen molar-refractivity contribution in [2.75, 3.05) is 26.7 Å². The lowest BCUT2D eigenvalue weighted by atomic mass is 9.94. The third kappa shape index (κ3) is 4.60. The minimum absolute atomic E-state index is 0.281. The highest BCUT2D eigenvalue weighted by molar-refractivity contribution is 9.10. The highest BCUT2D eigenvalue weighted by Gasteiger charge is 2.19. The van der Waals surface area contributed by atoms with Gasteiger partial charge >= 0.3 is 0 Å². The second kappa shape index (κ2) is 7.79. The van der Waals surface area contributed by atoms with Gasteiger partial charge in [0.05, 0.1) is 0 Å². The van der Waals surface area contributed by atoms with Crippen LogP contribution in [0.25, 0.3) is 0 Å². The monoisotopic (exact) mass is 338 g/mol. The van der Waals surface area contributed by atoms with Crippen LogP contribution in [-0.2, 0) is 11.2 Å². The van der Waals surface area contributed by atoms with E-state index in [-0.39, 0.29) is 5.91 Å². The van der Waals surface area contributed by atoms with Gasteiger partial charge in [0.25, 0.3) is 0 Å². The maximum Gasteiger partial charge on any atom is 0.222 e. The molecule has 1 aliphatic heterocycles. The van der Waals surface area contributed by atoms with Crippen LogP contribution in [0.3, 0.4) is 0 Å². The van der Waals surface area contributed by atoms with Crippen molar-refractivity contribution in [2.24, 2.45) is 5.92 Å². The van der Waals surface area contributed by atoms with E-state index in [2.05, 4.69) is 27.3 Å². The molecule has 1 N–H and O–H groups in total. The van der Waals surface area contributed by atoms with Crippen molar-refractivity contribution in [1.82, 2.24) is 10.2 Å². The SMILES string of the molecule is CN(CCc1ccccc1Br)C(=O)CC1CCNCC1. The number of hydrogen-bond donors (Lipinski definition) is 1. The quantitative estimate of drug-likeness (QED) is 0.895. The van der Waals surface area contributed by atoms with Crippen molar-refractivity contribution in [1.29, 1.82) is 0 Å². The van der Waals surface area contributed by atoms with Crippen LogP contribution in [0.2, 0.25) is 0 Å². The first kappa shape index (κ1) is 15.5. The predicted octanol–water partition coefficient (Wildman–Crippen LogP) is 2.84. The molecule has 1 saturated heterocycles. The number of nitrogens with zero attached hydrogens (tertiary/aromatic N) is 1. The summed E-state index contributed by atoms with van der Waals surface area (Å²) < 4.78 is 1.12. The number of hydrogen-bond acceptors (Lipinski definition) is 2. The third-order valence-corrected chi connectivity index (χ3v) is 4.80. The number of likely N-dealkylation sites (N-methyl/N-ethyl adjacent to an activating group) is 1. The smallest absolute Gasteiger partial charge is 0.222 e. The van der Waals surface area contributed by atoms with Crippen LogP contribution >= 0.6 is 15.9 Å². The van der Waals surface area contributed by atoms with E-state index in [1.54, 1.807) is 0 Å². The van der Waals surface area contributed by atoms with Crippen molar-refractivity contribution < 1.29 is 4.79 Å². The fraction of sp³-hybridized carbons (Fsp3) is 0.562. The third-order valence-electron chi connectivity index (χ3n) is 4.02. The van der Waals surface area contributed by atoms with Crippen molar-refractivity contribution in [3.05, 3.63) is 34.3 Å². The Labute approximate surface area is 129 Å². The van der Waals surface area contributed by atoms with Gasteiger partial charge in [-0.25, -0.2) is 0 Å². The van der Waals surface area contributed by atoms with E-state index in [9.17, 15) is 4.79 Å². The Morgan fingerprint density at radius 1 is 1.35 bits per heavy atom. The van der Waals surface area contributed by atoms with Gasteiger partial charge < -0.3 is 10.2 Å². The number of benzene rings is 1. The zero-order valence-corrected chi connectivity index (χ0v) is 13.7. The summed E-state index contributed by atoms with van der Waals surface area (Å²) in [4.78, 5) is 14.1. The minimum atomic E-state index is 0.281. The standard InChI is InChI=1S/C16H23BrN2O/c1-19(11-8-14-4-2-3-5-15(14)17)16(20)12-13-6-9-18-10-7-13/h2-5,13,18H,6-12H2,1H3. The van der Waals surface area contributed by atoms with E-state index < -0.39 is 0 Å². The zero-order valence-electron chi connectivity index (χ0n) is 12.1. The fourth-order valence-electron chi connectivity index (χ4n) is 2.60. The number of halogens is 1. The van der Waals surface area contributed by atoms with Crippen LogP contribution in [-0.4, -0.2) is 37.5 Å². The lowest BCUT2D eigenvalue weighted by Gasteiger charge is -2.25. The molecule has 0 spiro atoms. The average molecular weight is 339 g/mol. The molecule has 110 valence electrons. The topological polar surface area (TPSA) is 32.3 Å². The molecule has 20 heavy (non-hydrogen) atoms. The van der Waals surface area contributed by atoms with Crippen LogP contribution in [0, 0.1) is 5.92 Å². The molecular weight excluding hydrogens is 316 g/mol. The summed E-state index contributed by atoms with van der Waals surface area (Å²) in [6.45, 7) is 2.89. The van der Waals surface area contributed by atoms with Gasteiger partial charge in [-0.05, 0) is 49.9 Å². The molecule has 0 atom stereocenters. The van der Waals surface area contributed by atoms with Gasteiger partial charge in [0.1, 0.15) is 0 Å². The largest absolute Gasteiger partial charge is 0.345 e. The summed E-state index contributed by atoms with van der Waals surface area (Å²) >= 11 is 3.55. The lowest BCUT2D eigenvalue weighted by Crippen LogP contribution is -2.34. The van der Waals surface area contributed by atoms with Crippen LogP contribution in [0.4, 0.5) is 0 Å². The Morgan fingerprint density at radius 3 is 2.75 bits per heavy atom. The number of piperidine rings is 1. The van der Waals surface area contributed by atoms with E-state index in [0.29, 0.717) is 12.3 Å². The van der Waals surface area contributed by atoms with Gasteiger partial charge in [0, 0.05) is 24.5 Å². The van der Waals surface area contributed by atoms with Gasteiger partial charge in [-0.15, -0.1) is 0 Å². The number of carbonyl (C=O) groups is 1. The van der Waals surface area contributed by atoms with Gasteiger partial charge in [0.15, 0.2) is 0 Å². The van der Waals surface area contributed by atoms with E-state index >= 15 is 0 Å². The second-order valence-electron chi connectivity index (χ2n) is 5.55. The van der Waals surface area contributed by atoms with Crippen molar-refractivity contribution in [3.63, 3.8) is 0 Å². The molecule has 1 aliphatic rings. The summed E-state index contributed by atoms with van der Waals surface area (Å²) in [5.74, 6) is 0.846. The summed E-state index contributed by atoms with van der Waals surface area (Å²) in [5.41, 5.74) is 1.26. The molecule has 2 rings (SSSR count). The summed E-state index contributed by atoms with van der Waals surface area (Å²) in [6, 6.07) is 8.21. The molecule has 1 amide bonds. The first-order valence-corrected chi connectivity index (χ1v) is 8.14. The summed E-state index contributed by atoms with van der Waals surface area (Å²) in [7, 11) is 1.92. The molecule has 0 bridgehead atoms. The number of nitrogens with one attached hydrogen (secondary N) is 1. The molecule has 0 aromatic heterocycles. The Hall–Kier alpha value is -0.870. The Morgan fingerprint density at radius 2 is 2.05 bits per heavy atom. The van der Waals surface area contributed by atoms with Crippen molar-refractivity contribution in [2.45, 2.75) is 25.7 Å². The Bertz CT molecular complexity index is 444. The van der Waals surface area contributed by atoms with Crippen molar-refractivity contribution >= 4 is 21.8 Å². The Kier molecular flexibility index (Phi) is 6.05.